The van der Waals surface area contributed by atoms with Crippen molar-refractivity contribution in [3.05, 3.63) is 94.5 Å². The molecule has 0 aliphatic rings. The van der Waals surface area contributed by atoms with E-state index >= 15 is 0 Å². The number of rotatable bonds is 8. The van der Waals surface area contributed by atoms with Gasteiger partial charge in [0.2, 0.25) is 0 Å². The molecule has 7 heteroatoms. The summed E-state index contributed by atoms with van der Waals surface area (Å²) in [5, 5.41) is 4.70. The van der Waals surface area contributed by atoms with Crippen LogP contribution < -0.4 is 5.32 Å². The number of aromatic nitrogens is 2. The molecule has 0 unspecified atom stereocenters. The fourth-order valence-electron chi connectivity index (χ4n) is 3.74. The fraction of sp³-hybridized carbons (Fsp3) is 0.185. The Hall–Kier alpha value is -2.73. The second-order valence-electron chi connectivity index (χ2n) is 8.02. The van der Waals surface area contributed by atoms with E-state index < -0.39 is 0 Å². The van der Waals surface area contributed by atoms with Gasteiger partial charge in [0.15, 0.2) is 5.16 Å². The van der Waals surface area contributed by atoms with E-state index in [1.54, 1.807) is 30.0 Å². The first-order valence-electron chi connectivity index (χ1n) is 11.0. The van der Waals surface area contributed by atoms with E-state index in [1.807, 2.05) is 36.4 Å². The molecule has 0 atom stereocenters. The zero-order valence-electron chi connectivity index (χ0n) is 19.0. The van der Waals surface area contributed by atoms with Crippen molar-refractivity contribution in [3.63, 3.8) is 0 Å². The van der Waals surface area contributed by atoms with E-state index in [-0.39, 0.29) is 11.9 Å². The lowest BCUT2D eigenvalue weighted by molar-refractivity contribution is 0.0956. The lowest BCUT2D eigenvalue weighted by Gasteiger charge is -2.16. The largest absolute Gasteiger partial charge is 0.351 e. The van der Waals surface area contributed by atoms with Crippen LogP contribution in [0.5, 0.6) is 0 Å². The van der Waals surface area contributed by atoms with Gasteiger partial charge in [0.05, 0.1) is 22.0 Å². The number of halogens is 2. The summed E-state index contributed by atoms with van der Waals surface area (Å²) >= 11 is 13.7. The van der Waals surface area contributed by atoms with Gasteiger partial charge in [-0.25, -0.2) is 4.98 Å². The standard InChI is InChI=1S/C27H25Cl2N3OS/c1-18(2)32-25(20-11-7-4-8-12-20)24(19-9-5-3-6-10-19)31-27(32)34-16-15-30-26(33)22-14-13-21(28)17-23(22)29/h3-14,17-18H,15-16H2,1-2H3,(H,30,33). The highest BCUT2D eigenvalue weighted by atomic mass is 35.5. The molecule has 1 amide bonds. The molecule has 0 spiro atoms. The second kappa shape index (κ2) is 11.1. The van der Waals surface area contributed by atoms with Gasteiger partial charge in [-0.05, 0) is 32.0 Å². The first kappa shape index (κ1) is 24.4. The first-order chi connectivity index (χ1) is 16.5. The topological polar surface area (TPSA) is 46.9 Å². The normalized spacial score (nSPS) is 11.1. The third-order valence-corrected chi connectivity index (χ3v) is 6.79. The number of nitrogens with one attached hydrogen (secondary N) is 1. The average molecular weight is 510 g/mol. The molecule has 1 heterocycles. The van der Waals surface area contributed by atoms with Crippen LogP contribution in [0, 0.1) is 0 Å². The van der Waals surface area contributed by atoms with Crippen LogP contribution in [0.2, 0.25) is 10.0 Å². The van der Waals surface area contributed by atoms with Crippen LogP contribution in [0.25, 0.3) is 22.5 Å². The summed E-state index contributed by atoms with van der Waals surface area (Å²) in [7, 11) is 0. The molecule has 0 radical (unpaired) electrons. The molecule has 4 nitrogen and oxygen atoms in total. The molecule has 34 heavy (non-hydrogen) atoms. The van der Waals surface area contributed by atoms with Crippen LogP contribution in [0.4, 0.5) is 0 Å². The Morgan fingerprint density at radius 2 is 1.62 bits per heavy atom. The van der Waals surface area contributed by atoms with Crippen molar-refractivity contribution in [3.8, 4) is 22.5 Å². The van der Waals surface area contributed by atoms with E-state index in [0.717, 1.165) is 27.7 Å². The molecule has 0 saturated heterocycles. The molecule has 174 valence electrons. The van der Waals surface area contributed by atoms with E-state index in [1.165, 1.54) is 0 Å². The zero-order chi connectivity index (χ0) is 24.1. The molecule has 0 fully saturated rings. The molecule has 0 bridgehead atoms. The van der Waals surface area contributed by atoms with Gasteiger partial charge >= 0.3 is 0 Å². The van der Waals surface area contributed by atoms with Crippen molar-refractivity contribution in [2.75, 3.05) is 12.3 Å². The smallest absolute Gasteiger partial charge is 0.252 e. The summed E-state index contributed by atoms with van der Waals surface area (Å²) in [5.74, 6) is 0.452. The fourth-order valence-corrected chi connectivity index (χ4v) is 5.22. The Kier molecular flexibility index (Phi) is 7.99. The van der Waals surface area contributed by atoms with E-state index in [0.29, 0.717) is 27.9 Å². The Morgan fingerprint density at radius 1 is 0.971 bits per heavy atom. The highest BCUT2D eigenvalue weighted by molar-refractivity contribution is 7.99. The number of hydrogen-bond donors (Lipinski definition) is 1. The molecule has 4 aromatic rings. The third kappa shape index (κ3) is 5.49. The summed E-state index contributed by atoms with van der Waals surface area (Å²) in [6, 6.07) is 25.7. The van der Waals surface area contributed by atoms with E-state index in [2.05, 4.69) is 48.0 Å². The maximum atomic E-state index is 12.5. The van der Waals surface area contributed by atoms with Crippen LogP contribution >= 0.6 is 35.0 Å². The molecule has 1 aromatic heterocycles. The predicted molar refractivity (Wildman–Crippen MR) is 143 cm³/mol. The summed E-state index contributed by atoms with van der Waals surface area (Å²) < 4.78 is 2.28. The summed E-state index contributed by atoms with van der Waals surface area (Å²) in [5.41, 5.74) is 4.67. The monoisotopic (exact) mass is 509 g/mol. The minimum Gasteiger partial charge on any atom is -0.351 e. The van der Waals surface area contributed by atoms with Crippen molar-refractivity contribution < 1.29 is 4.79 Å². The molecular weight excluding hydrogens is 485 g/mol. The van der Waals surface area contributed by atoms with Crippen molar-refractivity contribution in [2.24, 2.45) is 0 Å². The number of benzene rings is 3. The highest BCUT2D eigenvalue weighted by Gasteiger charge is 2.22. The van der Waals surface area contributed by atoms with Crippen molar-refractivity contribution in [1.29, 1.82) is 0 Å². The number of carbonyl (C=O) groups excluding carboxylic acids is 1. The Labute approximate surface area is 214 Å². The lowest BCUT2D eigenvalue weighted by Crippen LogP contribution is -2.26. The average Bonchev–Trinajstić information content (AvgIpc) is 3.22. The van der Waals surface area contributed by atoms with Crippen molar-refractivity contribution in [1.82, 2.24) is 14.9 Å². The van der Waals surface area contributed by atoms with E-state index in [4.69, 9.17) is 28.2 Å². The van der Waals surface area contributed by atoms with Crippen LogP contribution in [-0.2, 0) is 0 Å². The summed E-state index contributed by atoms with van der Waals surface area (Å²) in [4.78, 5) is 17.6. The quantitative estimate of drug-likeness (QED) is 0.196. The van der Waals surface area contributed by atoms with Gasteiger partial charge in [-0.2, -0.15) is 0 Å². The summed E-state index contributed by atoms with van der Waals surface area (Å²) in [6.07, 6.45) is 0. The molecule has 4 rings (SSSR count). The Bertz CT molecular complexity index is 1270. The van der Waals surface area contributed by atoms with Crippen LogP contribution in [0.15, 0.2) is 84.0 Å². The SMILES string of the molecule is CC(C)n1c(SCCNC(=O)c2ccc(Cl)cc2Cl)nc(-c2ccccc2)c1-c1ccccc1. The number of hydrogen-bond acceptors (Lipinski definition) is 3. The van der Waals surface area contributed by atoms with Gasteiger partial charge in [-0.3, -0.25) is 4.79 Å². The molecule has 3 aromatic carbocycles. The zero-order valence-corrected chi connectivity index (χ0v) is 21.3. The van der Waals surface area contributed by atoms with Crippen LogP contribution in [-0.4, -0.2) is 27.8 Å². The molecule has 1 N–H and O–H groups in total. The summed E-state index contributed by atoms with van der Waals surface area (Å²) in [6.45, 7) is 4.81. The maximum Gasteiger partial charge on any atom is 0.252 e. The predicted octanol–water partition coefficient (Wildman–Crippen LogP) is 7.63. The molecule has 0 saturated carbocycles. The number of imidazole rings is 1. The van der Waals surface area contributed by atoms with Crippen molar-refractivity contribution in [2.45, 2.75) is 25.0 Å². The minimum atomic E-state index is -0.218. The van der Waals surface area contributed by atoms with Crippen LogP contribution in [0.1, 0.15) is 30.2 Å². The molecular formula is C27H25Cl2N3OS. The van der Waals surface area contributed by atoms with Gasteiger partial charge in [-0.15, -0.1) is 0 Å². The van der Waals surface area contributed by atoms with Crippen molar-refractivity contribution >= 4 is 40.9 Å². The number of nitrogens with zero attached hydrogens (tertiary/aromatic N) is 2. The van der Waals surface area contributed by atoms with Gasteiger partial charge < -0.3 is 9.88 Å². The van der Waals surface area contributed by atoms with Gasteiger partial charge in [0, 0.05) is 34.5 Å². The highest BCUT2D eigenvalue weighted by Crippen LogP contribution is 2.38. The molecule has 0 aliphatic carbocycles. The lowest BCUT2D eigenvalue weighted by atomic mass is 10.0. The third-order valence-electron chi connectivity index (χ3n) is 5.28. The molecule has 0 aliphatic heterocycles. The minimum absolute atomic E-state index is 0.213. The maximum absolute atomic E-state index is 12.5. The number of amides is 1. The van der Waals surface area contributed by atoms with Gasteiger partial charge in [0.1, 0.15) is 0 Å². The second-order valence-corrected chi connectivity index (χ2v) is 9.92. The van der Waals surface area contributed by atoms with Gasteiger partial charge in [0.25, 0.3) is 5.91 Å². The van der Waals surface area contributed by atoms with Crippen LogP contribution in [0.3, 0.4) is 0 Å². The number of carbonyl (C=O) groups is 1. The Morgan fingerprint density at radius 3 is 2.24 bits per heavy atom. The first-order valence-corrected chi connectivity index (χ1v) is 12.8. The Balaban J connectivity index is 1.57. The number of thioether (sulfide) groups is 1. The van der Waals surface area contributed by atoms with E-state index in [9.17, 15) is 4.79 Å². The van der Waals surface area contributed by atoms with Gasteiger partial charge in [-0.1, -0.05) is 95.6 Å².